The number of amides is 1. The number of nitrogens with one attached hydrogen (secondary N) is 1. The quantitative estimate of drug-likeness (QED) is 0.669. The van der Waals surface area contributed by atoms with Gasteiger partial charge in [-0.15, -0.1) is 0 Å². The van der Waals surface area contributed by atoms with E-state index in [1.54, 1.807) is 0 Å². The number of carbonyl (C=O) groups excluding carboxylic acids is 1. The summed E-state index contributed by atoms with van der Waals surface area (Å²) in [7, 11) is 4.03. The molecule has 5 heteroatoms. The van der Waals surface area contributed by atoms with Crippen LogP contribution in [0.4, 0.5) is 0 Å². The van der Waals surface area contributed by atoms with Crippen LogP contribution in [0, 0.1) is 0 Å². The minimum atomic E-state index is -0.0132. The molecule has 0 saturated carbocycles. The van der Waals surface area contributed by atoms with Crippen LogP contribution in [0.3, 0.4) is 0 Å². The summed E-state index contributed by atoms with van der Waals surface area (Å²) in [5, 5.41) is 7.56. The van der Waals surface area contributed by atoms with Crippen molar-refractivity contribution in [3.05, 3.63) is 84.2 Å². The number of carbonyl (C=O) groups is 1. The van der Waals surface area contributed by atoms with Crippen molar-refractivity contribution in [1.82, 2.24) is 20.0 Å². The Balaban J connectivity index is 1.57. The van der Waals surface area contributed by atoms with E-state index in [0.29, 0.717) is 12.8 Å². The summed E-state index contributed by atoms with van der Waals surface area (Å²) in [6, 6.07) is 20.1. The Kier molecular flexibility index (Phi) is 6.39. The van der Waals surface area contributed by atoms with E-state index < -0.39 is 0 Å². The molecule has 0 unspecified atom stereocenters. The lowest BCUT2D eigenvalue weighted by Gasteiger charge is -2.23. The normalized spacial score (nSPS) is 12.1. The molecule has 27 heavy (non-hydrogen) atoms. The summed E-state index contributed by atoms with van der Waals surface area (Å²) in [5.74, 6) is 0.0539. The van der Waals surface area contributed by atoms with Crippen molar-refractivity contribution in [2.24, 2.45) is 0 Å². The third-order valence-corrected chi connectivity index (χ3v) is 4.38. The van der Waals surface area contributed by atoms with Gasteiger partial charge in [0.1, 0.15) is 0 Å². The Labute approximate surface area is 160 Å². The van der Waals surface area contributed by atoms with Crippen molar-refractivity contribution in [2.75, 3.05) is 20.6 Å². The molecule has 3 aromatic rings. The summed E-state index contributed by atoms with van der Waals surface area (Å²) in [5.41, 5.74) is 3.19. The molecule has 1 heterocycles. The van der Waals surface area contributed by atoms with Gasteiger partial charge in [-0.05, 0) is 43.8 Å². The number of nitrogens with zero attached hydrogens (tertiary/aromatic N) is 3. The van der Waals surface area contributed by atoms with Gasteiger partial charge in [0.15, 0.2) is 0 Å². The van der Waals surface area contributed by atoms with Crippen LogP contribution in [0.2, 0.25) is 0 Å². The average Bonchev–Trinajstić information content (AvgIpc) is 3.16. The number of hydrogen-bond donors (Lipinski definition) is 1. The monoisotopic (exact) mass is 362 g/mol. The van der Waals surface area contributed by atoms with Crippen molar-refractivity contribution < 1.29 is 4.79 Å². The predicted octanol–water partition coefficient (Wildman–Crippen LogP) is 3.22. The summed E-state index contributed by atoms with van der Waals surface area (Å²) < 4.78 is 1.84. The molecule has 5 nitrogen and oxygen atoms in total. The number of rotatable bonds is 8. The fourth-order valence-electron chi connectivity index (χ4n) is 3.02. The Bertz CT molecular complexity index is 843. The summed E-state index contributed by atoms with van der Waals surface area (Å²) >= 11 is 0. The van der Waals surface area contributed by atoms with E-state index in [9.17, 15) is 4.79 Å². The molecule has 3 rings (SSSR count). The van der Waals surface area contributed by atoms with Gasteiger partial charge in [0.05, 0.1) is 17.9 Å². The molecule has 2 aromatic carbocycles. The molecule has 1 amide bonds. The second kappa shape index (κ2) is 9.14. The van der Waals surface area contributed by atoms with Crippen molar-refractivity contribution in [1.29, 1.82) is 0 Å². The van der Waals surface area contributed by atoms with Crippen LogP contribution in [0.25, 0.3) is 5.69 Å². The number of benzene rings is 2. The zero-order valence-corrected chi connectivity index (χ0v) is 15.9. The minimum absolute atomic E-state index is 0.0132. The van der Waals surface area contributed by atoms with Gasteiger partial charge < -0.3 is 10.2 Å². The molecule has 0 fully saturated rings. The van der Waals surface area contributed by atoms with Crippen LogP contribution in [-0.4, -0.2) is 41.2 Å². The molecule has 1 N–H and O–H groups in total. The highest BCUT2D eigenvalue weighted by Crippen LogP contribution is 2.14. The Hall–Kier alpha value is -2.92. The predicted molar refractivity (Wildman–Crippen MR) is 108 cm³/mol. The lowest BCUT2D eigenvalue weighted by Crippen LogP contribution is -2.35. The molecule has 140 valence electrons. The Morgan fingerprint density at radius 2 is 1.74 bits per heavy atom. The standard InChI is InChI=1S/C22H26N4O/c1-25(2)17-21(19-9-5-3-6-10-19)24-22(27)14-13-18-15-23-26(16-18)20-11-7-4-8-12-20/h3-12,15-16,21H,13-14,17H2,1-2H3,(H,24,27)/t21-/m0/s1. The highest BCUT2D eigenvalue weighted by Gasteiger charge is 2.15. The SMILES string of the molecule is CN(C)C[C@H](NC(=O)CCc1cnn(-c2ccccc2)c1)c1ccccc1. The van der Waals surface area contributed by atoms with E-state index in [2.05, 4.69) is 27.4 Å². The smallest absolute Gasteiger partial charge is 0.220 e. The Morgan fingerprint density at radius 3 is 2.41 bits per heavy atom. The van der Waals surface area contributed by atoms with E-state index >= 15 is 0 Å². The molecule has 0 spiro atoms. The lowest BCUT2D eigenvalue weighted by molar-refractivity contribution is -0.121. The van der Waals surface area contributed by atoms with E-state index in [-0.39, 0.29) is 11.9 Å². The highest BCUT2D eigenvalue weighted by molar-refractivity contribution is 5.76. The van der Waals surface area contributed by atoms with E-state index in [4.69, 9.17) is 0 Å². The van der Waals surface area contributed by atoms with Gasteiger partial charge in [0, 0.05) is 19.2 Å². The number of aryl methyl sites for hydroxylation is 1. The van der Waals surface area contributed by atoms with Crippen LogP contribution in [0.5, 0.6) is 0 Å². The van der Waals surface area contributed by atoms with Gasteiger partial charge >= 0.3 is 0 Å². The van der Waals surface area contributed by atoms with E-state index in [0.717, 1.165) is 23.4 Å². The maximum absolute atomic E-state index is 12.5. The minimum Gasteiger partial charge on any atom is -0.348 e. The van der Waals surface area contributed by atoms with Gasteiger partial charge in [0.2, 0.25) is 5.91 Å². The maximum Gasteiger partial charge on any atom is 0.220 e. The van der Waals surface area contributed by atoms with Crippen LogP contribution < -0.4 is 5.32 Å². The van der Waals surface area contributed by atoms with Crippen molar-refractivity contribution in [2.45, 2.75) is 18.9 Å². The first-order valence-corrected chi connectivity index (χ1v) is 9.20. The van der Waals surface area contributed by atoms with Crippen LogP contribution in [0.15, 0.2) is 73.1 Å². The fourth-order valence-corrected chi connectivity index (χ4v) is 3.02. The first kappa shape index (κ1) is 18.9. The third-order valence-electron chi connectivity index (χ3n) is 4.38. The largest absolute Gasteiger partial charge is 0.348 e. The zero-order valence-electron chi connectivity index (χ0n) is 15.9. The number of likely N-dealkylation sites (N-methyl/N-ethyl adjacent to an activating group) is 1. The van der Waals surface area contributed by atoms with Crippen LogP contribution in [0.1, 0.15) is 23.6 Å². The molecule has 0 saturated heterocycles. The van der Waals surface area contributed by atoms with Crippen LogP contribution >= 0.6 is 0 Å². The molecular formula is C22H26N4O. The van der Waals surface area contributed by atoms with E-state index in [1.807, 2.05) is 79.7 Å². The topological polar surface area (TPSA) is 50.2 Å². The molecule has 0 aliphatic carbocycles. The highest BCUT2D eigenvalue weighted by atomic mass is 16.1. The van der Waals surface area contributed by atoms with Crippen molar-refractivity contribution in [3.8, 4) is 5.69 Å². The average molecular weight is 362 g/mol. The van der Waals surface area contributed by atoms with Crippen molar-refractivity contribution >= 4 is 5.91 Å². The maximum atomic E-state index is 12.5. The second-order valence-corrected chi connectivity index (χ2v) is 6.92. The molecular weight excluding hydrogens is 336 g/mol. The number of aromatic nitrogens is 2. The summed E-state index contributed by atoms with van der Waals surface area (Å²) in [6.07, 6.45) is 4.92. The van der Waals surface area contributed by atoms with Gasteiger partial charge in [-0.2, -0.15) is 5.10 Å². The zero-order chi connectivity index (χ0) is 19.1. The van der Waals surface area contributed by atoms with Gasteiger partial charge in [-0.1, -0.05) is 48.5 Å². The van der Waals surface area contributed by atoms with Gasteiger partial charge in [-0.25, -0.2) is 4.68 Å². The molecule has 0 radical (unpaired) electrons. The fraction of sp³-hybridized carbons (Fsp3) is 0.273. The van der Waals surface area contributed by atoms with E-state index in [1.165, 1.54) is 0 Å². The number of hydrogen-bond acceptors (Lipinski definition) is 3. The molecule has 0 aliphatic rings. The Morgan fingerprint density at radius 1 is 1.07 bits per heavy atom. The number of para-hydroxylation sites is 1. The van der Waals surface area contributed by atoms with Crippen molar-refractivity contribution in [3.63, 3.8) is 0 Å². The molecule has 0 bridgehead atoms. The molecule has 0 aliphatic heterocycles. The molecule has 1 atom stereocenters. The first-order chi connectivity index (χ1) is 13.1. The molecule has 1 aromatic heterocycles. The van der Waals surface area contributed by atoms with Gasteiger partial charge in [0.25, 0.3) is 0 Å². The summed E-state index contributed by atoms with van der Waals surface area (Å²) in [6.45, 7) is 0.766. The summed E-state index contributed by atoms with van der Waals surface area (Å²) in [4.78, 5) is 14.6. The van der Waals surface area contributed by atoms with Crippen LogP contribution in [-0.2, 0) is 11.2 Å². The van der Waals surface area contributed by atoms with Gasteiger partial charge in [-0.3, -0.25) is 4.79 Å². The first-order valence-electron chi connectivity index (χ1n) is 9.20. The second-order valence-electron chi connectivity index (χ2n) is 6.92. The third kappa shape index (κ3) is 5.53. The lowest BCUT2D eigenvalue weighted by atomic mass is 10.1.